The third kappa shape index (κ3) is 9.72. The molecule has 1 saturated heterocycles. The van der Waals surface area contributed by atoms with Crippen molar-refractivity contribution < 1.29 is 81.5 Å². The van der Waals surface area contributed by atoms with E-state index in [1.807, 2.05) is 0 Å². The Morgan fingerprint density at radius 2 is 1.71 bits per heavy atom. The van der Waals surface area contributed by atoms with E-state index in [1.165, 1.54) is 27.7 Å². The van der Waals surface area contributed by atoms with Gasteiger partial charge in [-0.05, 0) is 27.2 Å². The Morgan fingerprint density at radius 1 is 1.09 bits per heavy atom. The van der Waals surface area contributed by atoms with E-state index < -0.39 is 73.2 Å². The SMILES string of the molecule is CC(=O)N[C@@H]1[C@@H](O[C@H](C)C(=O)N[C@@H](C)C(=O)N[C@H](CC[C-]=O)C(C)=O)[C@H](O)[C@@H](CO)O[C@H]1O.[Y]. The molecule has 191 valence electrons. The Hall–Kier alpha value is -1.35. The van der Waals surface area contributed by atoms with E-state index in [0.717, 1.165) is 0 Å². The zero-order chi connectivity index (χ0) is 25.3. The van der Waals surface area contributed by atoms with Crippen molar-refractivity contribution in [2.24, 2.45) is 0 Å². The van der Waals surface area contributed by atoms with Crippen LogP contribution in [0, 0.1) is 0 Å². The molecule has 1 aliphatic rings. The first kappa shape index (κ1) is 32.7. The van der Waals surface area contributed by atoms with Crippen molar-refractivity contribution in [3.8, 4) is 0 Å². The van der Waals surface area contributed by atoms with Gasteiger partial charge in [0.2, 0.25) is 17.7 Å². The first-order chi connectivity index (χ1) is 15.4. The van der Waals surface area contributed by atoms with Crippen LogP contribution in [0.5, 0.6) is 0 Å². The number of rotatable bonds is 12. The number of hydrogen-bond donors (Lipinski definition) is 6. The number of ether oxygens (including phenoxy) is 2. The summed E-state index contributed by atoms with van der Waals surface area (Å²) in [5, 5.41) is 37.1. The number of nitrogens with one attached hydrogen (secondary N) is 3. The van der Waals surface area contributed by atoms with Crippen molar-refractivity contribution in [1.29, 1.82) is 0 Å². The molecule has 1 rings (SSSR count). The molecule has 3 amide bonds. The Morgan fingerprint density at radius 3 is 2.21 bits per heavy atom. The van der Waals surface area contributed by atoms with Crippen molar-refractivity contribution in [1.82, 2.24) is 16.0 Å². The number of carbonyl (C=O) groups excluding carboxylic acids is 5. The first-order valence-corrected chi connectivity index (χ1v) is 10.4. The predicted octanol–water partition coefficient (Wildman–Crippen LogP) is -3.20. The third-order valence-corrected chi connectivity index (χ3v) is 5.07. The van der Waals surface area contributed by atoms with Gasteiger partial charge in [0.25, 0.3) is 0 Å². The second kappa shape index (κ2) is 15.6. The largest absolute Gasteiger partial charge is 0.542 e. The van der Waals surface area contributed by atoms with Crippen LogP contribution in [-0.2, 0) is 66.2 Å². The van der Waals surface area contributed by atoms with E-state index >= 15 is 0 Å². The van der Waals surface area contributed by atoms with Gasteiger partial charge in [-0.15, -0.1) is 0 Å². The fourth-order valence-electron chi connectivity index (χ4n) is 3.21. The maximum Gasteiger partial charge on any atom is 0.249 e. The van der Waals surface area contributed by atoms with Crippen LogP contribution in [0.3, 0.4) is 0 Å². The molecular weight excluding hydrogens is 531 g/mol. The number of ketones is 1. The number of hydrogen-bond acceptors (Lipinski definition) is 10. The average molecular weight is 563 g/mol. The van der Waals surface area contributed by atoms with Crippen LogP contribution >= 0.6 is 0 Å². The van der Waals surface area contributed by atoms with Gasteiger partial charge in [-0.2, -0.15) is 6.42 Å². The normalized spacial score (nSPS) is 26.7. The molecule has 0 aliphatic carbocycles. The smallest absolute Gasteiger partial charge is 0.249 e. The molecule has 0 spiro atoms. The monoisotopic (exact) mass is 563 g/mol. The van der Waals surface area contributed by atoms with Gasteiger partial charge in [-0.3, -0.25) is 25.5 Å². The van der Waals surface area contributed by atoms with Crippen molar-refractivity contribution in [2.75, 3.05) is 6.61 Å². The van der Waals surface area contributed by atoms with Gasteiger partial charge in [0, 0.05) is 39.6 Å². The van der Waals surface area contributed by atoms with E-state index in [1.54, 1.807) is 6.29 Å². The minimum atomic E-state index is -1.62. The number of Topliss-reactive ketones (excluding diaryl/α,β-unsaturated/α-hetero) is 1. The van der Waals surface area contributed by atoms with Crippen molar-refractivity contribution in [3.05, 3.63) is 0 Å². The van der Waals surface area contributed by atoms with Crippen LogP contribution in [0.15, 0.2) is 0 Å². The molecule has 6 N–H and O–H groups in total. The molecule has 14 heteroatoms. The summed E-state index contributed by atoms with van der Waals surface area (Å²) in [6.45, 7) is 4.48. The molecule has 1 radical (unpaired) electrons. The average Bonchev–Trinajstić information content (AvgIpc) is 2.74. The molecule has 0 bridgehead atoms. The molecule has 34 heavy (non-hydrogen) atoms. The maximum atomic E-state index is 12.5. The second-order valence-corrected chi connectivity index (χ2v) is 7.79. The summed E-state index contributed by atoms with van der Waals surface area (Å²) >= 11 is 0. The molecule has 0 aromatic rings. The number of amides is 3. The third-order valence-electron chi connectivity index (χ3n) is 5.07. The topological polar surface area (TPSA) is 201 Å². The minimum absolute atomic E-state index is 0. The van der Waals surface area contributed by atoms with Crippen molar-refractivity contribution in [2.45, 2.75) is 89.4 Å². The summed E-state index contributed by atoms with van der Waals surface area (Å²) in [4.78, 5) is 58.4. The molecule has 0 aromatic heterocycles. The fourth-order valence-corrected chi connectivity index (χ4v) is 3.21. The first-order valence-electron chi connectivity index (χ1n) is 10.4. The summed E-state index contributed by atoms with van der Waals surface area (Å²) in [5.41, 5.74) is 0. The Bertz CT molecular complexity index is 725. The molecule has 0 saturated carbocycles. The molecular formula is C20H32N3O10Y-. The summed E-state index contributed by atoms with van der Waals surface area (Å²) in [6, 6.07) is -3.21. The molecule has 0 aromatic carbocycles. The fraction of sp³-hybridized carbons (Fsp3) is 0.750. The second-order valence-electron chi connectivity index (χ2n) is 7.79. The Kier molecular flexibility index (Phi) is 15.0. The van der Waals surface area contributed by atoms with Gasteiger partial charge >= 0.3 is 0 Å². The zero-order valence-corrected chi connectivity index (χ0v) is 22.4. The van der Waals surface area contributed by atoms with Crippen LogP contribution in [0.25, 0.3) is 0 Å². The summed E-state index contributed by atoms with van der Waals surface area (Å²) in [7, 11) is 0. The van der Waals surface area contributed by atoms with E-state index in [0.29, 0.717) is 0 Å². The molecule has 13 nitrogen and oxygen atoms in total. The van der Waals surface area contributed by atoms with Gasteiger partial charge in [0.1, 0.15) is 36.5 Å². The van der Waals surface area contributed by atoms with Crippen LogP contribution in [-0.4, -0.2) is 101 Å². The number of aliphatic hydroxyl groups excluding tert-OH is 3. The van der Waals surface area contributed by atoms with Crippen LogP contribution in [0.2, 0.25) is 0 Å². The van der Waals surface area contributed by atoms with Crippen LogP contribution < -0.4 is 16.0 Å². The molecule has 1 fully saturated rings. The predicted molar refractivity (Wildman–Crippen MR) is 111 cm³/mol. The molecule has 0 unspecified atom stereocenters. The maximum absolute atomic E-state index is 12.5. The van der Waals surface area contributed by atoms with Gasteiger partial charge in [-0.25, -0.2) is 0 Å². The Balaban J connectivity index is 0.0000109. The quantitative estimate of drug-likeness (QED) is 0.131. The van der Waals surface area contributed by atoms with Crippen molar-refractivity contribution >= 4 is 29.8 Å². The summed E-state index contributed by atoms with van der Waals surface area (Å²) in [5.74, 6) is -2.34. The summed E-state index contributed by atoms with van der Waals surface area (Å²) < 4.78 is 10.6. The van der Waals surface area contributed by atoms with Crippen LogP contribution in [0.4, 0.5) is 0 Å². The number of carbonyl (C=O) groups is 4. The van der Waals surface area contributed by atoms with Gasteiger partial charge in [-0.1, -0.05) is 0 Å². The molecule has 8 atom stereocenters. The van der Waals surface area contributed by atoms with Crippen LogP contribution in [0.1, 0.15) is 40.5 Å². The van der Waals surface area contributed by atoms with Crippen molar-refractivity contribution in [3.63, 3.8) is 0 Å². The van der Waals surface area contributed by atoms with Gasteiger partial charge < -0.3 is 45.5 Å². The van der Waals surface area contributed by atoms with Gasteiger partial charge in [0.15, 0.2) is 12.1 Å². The van der Waals surface area contributed by atoms with E-state index in [2.05, 4.69) is 16.0 Å². The van der Waals surface area contributed by atoms with E-state index in [4.69, 9.17) is 9.47 Å². The Labute approximate surface area is 222 Å². The van der Waals surface area contributed by atoms with E-state index in [-0.39, 0.29) is 51.3 Å². The molecule has 1 heterocycles. The zero-order valence-electron chi connectivity index (χ0n) is 19.5. The summed E-state index contributed by atoms with van der Waals surface area (Å²) in [6.07, 6.45) is -5.23. The van der Waals surface area contributed by atoms with Gasteiger partial charge in [0.05, 0.1) is 12.6 Å². The molecule has 1 aliphatic heterocycles. The minimum Gasteiger partial charge on any atom is -0.542 e. The van der Waals surface area contributed by atoms with E-state index in [9.17, 15) is 39.3 Å². The standard InChI is InChI=1S/C20H32N3O10.Y/c1-9(18(29)23-13(10(2)26)6-5-7-24)21-19(30)11(3)32-17-15(22-12(4)27)20(31)33-14(8-25)16(17)28;/h9,11,13-17,20,25,28,31H,5-6,8H2,1-4H3,(H,21,30)(H,22,27)(H,23,29);/q-1;/t9-,11+,13+,14+,15+,16+,17+,20+;/m0./s1. The number of aliphatic hydroxyl groups is 3.